The lowest BCUT2D eigenvalue weighted by atomic mass is 10.2. The number of thiophene rings is 1. The van der Waals surface area contributed by atoms with Gasteiger partial charge in [-0.05, 0) is 65.5 Å². The zero-order valence-corrected chi connectivity index (χ0v) is 17.4. The Bertz CT molecular complexity index is 869. The molecule has 0 aliphatic rings. The van der Waals surface area contributed by atoms with Gasteiger partial charge in [0.15, 0.2) is 0 Å². The van der Waals surface area contributed by atoms with Gasteiger partial charge in [-0.15, -0.1) is 11.3 Å². The molecule has 0 amide bonds. The van der Waals surface area contributed by atoms with Crippen molar-refractivity contribution in [2.24, 2.45) is 0 Å². The van der Waals surface area contributed by atoms with Gasteiger partial charge in [-0.2, -0.15) is 13.2 Å². The molecular weight excluding hydrogens is 535 g/mol. The maximum Gasteiger partial charge on any atom is 0.420 e. The molecule has 0 N–H and O–H groups in total. The van der Waals surface area contributed by atoms with Crippen LogP contribution in [-0.2, 0) is 12.7 Å². The second-order valence-corrected chi connectivity index (χ2v) is 9.01. The number of rotatable bonds is 3. The molecule has 126 valence electrons. The Morgan fingerprint density at radius 2 is 1.62 bits per heavy atom. The molecule has 1 aromatic carbocycles. The molecule has 8 heteroatoms. The highest BCUT2D eigenvalue weighted by atomic mass is 79.9. The summed E-state index contributed by atoms with van der Waals surface area (Å²) in [5, 5.41) is 0. The quantitative estimate of drug-likeness (QED) is 0.321. The Labute approximate surface area is 165 Å². The van der Waals surface area contributed by atoms with E-state index in [2.05, 4.69) is 47.8 Å². The molecule has 3 rings (SSSR count). The molecule has 24 heavy (non-hydrogen) atoms. The van der Waals surface area contributed by atoms with E-state index in [1.807, 2.05) is 42.5 Å². The summed E-state index contributed by atoms with van der Waals surface area (Å²) >= 11 is 11.1. The summed E-state index contributed by atoms with van der Waals surface area (Å²) in [5.74, 6) is 0. The summed E-state index contributed by atoms with van der Waals surface area (Å²) in [7, 11) is 0. The maximum absolute atomic E-state index is 13.5. The number of halogens is 6. The minimum atomic E-state index is -4.46. The van der Waals surface area contributed by atoms with Gasteiger partial charge >= 0.3 is 6.18 Å². The SMILES string of the molecule is FC(F)(F)c1c(Br)c(-c2ccc(Br)s2)n(Cc2ccccc2)c1Br. The van der Waals surface area contributed by atoms with Crippen molar-refractivity contribution in [1.82, 2.24) is 4.57 Å². The van der Waals surface area contributed by atoms with E-state index in [1.165, 1.54) is 11.3 Å². The van der Waals surface area contributed by atoms with Gasteiger partial charge in [0.05, 0.1) is 23.4 Å². The number of hydrogen-bond acceptors (Lipinski definition) is 1. The summed E-state index contributed by atoms with van der Waals surface area (Å²) in [4.78, 5) is 0.751. The smallest absolute Gasteiger partial charge is 0.329 e. The fraction of sp³-hybridized carbons (Fsp3) is 0.125. The van der Waals surface area contributed by atoms with E-state index < -0.39 is 11.7 Å². The van der Waals surface area contributed by atoms with Crippen molar-refractivity contribution in [1.29, 1.82) is 0 Å². The topological polar surface area (TPSA) is 4.93 Å². The minimum Gasteiger partial charge on any atom is -0.329 e. The molecule has 1 nitrogen and oxygen atoms in total. The molecule has 0 saturated heterocycles. The van der Waals surface area contributed by atoms with Crippen molar-refractivity contribution in [2.45, 2.75) is 12.7 Å². The van der Waals surface area contributed by atoms with Crippen LogP contribution in [-0.4, -0.2) is 4.57 Å². The van der Waals surface area contributed by atoms with Crippen LogP contribution in [0.2, 0.25) is 0 Å². The van der Waals surface area contributed by atoms with Gasteiger partial charge < -0.3 is 4.57 Å². The lowest BCUT2D eigenvalue weighted by Crippen LogP contribution is -2.07. The standard InChI is InChI=1S/C16H9Br3F3NS/c17-11-7-6-10(24-11)14-13(18)12(16(20,21)22)15(19)23(14)8-9-4-2-1-3-5-9/h1-7H,8H2. The second kappa shape index (κ2) is 6.97. The average Bonchev–Trinajstić information content (AvgIpc) is 3.02. The van der Waals surface area contributed by atoms with Crippen LogP contribution in [0.4, 0.5) is 13.2 Å². The van der Waals surface area contributed by atoms with Gasteiger partial charge in [-0.3, -0.25) is 0 Å². The average molecular weight is 544 g/mol. The molecular formula is C16H9Br3F3NS. The van der Waals surface area contributed by atoms with Crippen molar-refractivity contribution >= 4 is 59.1 Å². The van der Waals surface area contributed by atoms with Crippen molar-refractivity contribution in [3.63, 3.8) is 0 Å². The Morgan fingerprint density at radius 3 is 2.17 bits per heavy atom. The van der Waals surface area contributed by atoms with Gasteiger partial charge in [-0.25, -0.2) is 0 Å². The first-order valence-electron chi connectivity index (χ1n) is 6.73. The molecule has 0 saturated carbocycles. The van der Waals surface area contributed by atoms with E-state index in [-0.39, 0.29) is 9.08 Å². The van der Waals surface area contributed by atoms with Crippen LogP contribution in [0.15, 0.2) is 55.3 Å². The normalized spacial score (nSPS) is 11.9. The molecule has 0 radical (unpaired) electrons. The highest BCUT2D eigenvalue weighted by molar-refractivity contribution is 9.11. The zero-order valence-electron chi connectivity index (χ0n) is 11.9. The molecule has 2 aromatic heterocycles. The maximum atomic E-state index is 13.5. The van der Waals surface area contributed by atoms with Gasteiger partial charge in [0.2, 0.25) is 0 Å². The number of nitrogens with zero attached hydrogens (tertiary/aromatic N) is 1. The fourth-order valence-electron chi connectivity index (χ4n) is 2.40. The Kier molecular flexibility index (Phi) is 5.30. The minimum absolute atomic E-state index is 0.0188. The van der Waals surface area contributed by atoms with Crippen molar-refractivity contribution in [2.75, 3.05) is 0 Å². The number of alkyl halides is 3. The van der Waals surface area contributed by atoms with Gasteiger partial charge in [0, 0.05) is 6.54 Å². The first-order chi connectivity index (χ1) is 11.3. The van der Waals surface area contributed by atoms with E-state index in [4.69, 9.17) is 0 Å². The summed E-state index contributed by atoms with van der Waals surface area (Å²) in [6, 6.07) is 13.0. The summed E-state index contributed by atoms with van der Waals surface area (Å²) in [5.41, 5.74) is 0.734. The number of aromatic nitrogens is 1. The molecule has 0 aliphatic carbocycles. The first kappa shape index (κ1) is 18.2. The third-order valence-electron chi connectivity index (χ3n) is 3.41. The van der Waals surface area contributed by atoms with Gasteiger partial charge in [0.1, 0.15) is 5.56 Å². The lowest BCUT2D eigenvalue weighted by molar-refractivity contribution is -0.138. The van der Waals surface area contributed by atoms with Crippen molar-refractivity contribution < 1.29 is 13.2 Å². The predicted octanol–water partition coefficient (Wildman–Crippen LogP) is 7.57. The predicted molar refractivity (Wildman–Crippen MR) is 101 cm³/mol. The van der Waals surface area contributed by atoms with Crippen LogP contribution in [0.25, 0.3) is 10.6 Å². The molecule has 0 fully saturated rings. The van der Waals surface area contributed by atoms with Crippen LogP contribution in [0.5, 0.6) is 0 Å². The van der Waals surface area contributed by atoms with E-state index in [9.17, 15) is 13.2 Å². The lowest BCUT2D eigenvalue weighted by Gasteiger charge is -2.11. The highest BCUT2D eigenvalue weighted by Gasteiger charge is 2.40. The van der Waals surface area contributed by atoms with E-state index in [0.717, 1.165) is 14.2 Å². The Morgan fingerprint density at radius 1 is 0.958 bits per heavy atom. The van der Waals surface area contributed by atoms with Gasteiger partial charge in [0.25, 0.3) is 0 Å². The summed E-state index contributed by atoms with van der Waals surface area (Å²) in [6.45, 7) is 0.334. The molecule has 0 atom stereocenters. The summed E-state index contributed by atoms with van der Waals surface area (Å²) < 4.78 is 43.0. The molecule has 0 unspecified atom stereocenters. The Hall–Kier alpha value is -0.570. The van der Waals surface area contributed by atoms with Crippen LogP contribution < -0.4 is 0 Å². The molecule has 0 bridgehead atoms. The van der Waals surface area contributed by atoms with Crippen LogP contribution in [0.3, 0.4) is 0 Å². The number of benzene rings is 1. The van der Waals surface area contributed by atoms with E-state index >= 15 is 0 Å². The fourth-order valence-corrected chi connectivity index (χ4v) is 5.81. The third kappa shape index (κ3) is 3.52. The molecule has 3 aromatic rings. The van der Waals surface area contributed by atoms with Crippen LogP contribution >= 0.6 is 59.1 Å². The Balaban J connectivity index is 2.22. The molecule has 0 aliphatic heterocycles. The first-order valence-corrected chi connectivity index (χ1v) is 9.93. The van der Waals surface area contributed by atoms with E-state index in [1.54, 1.807) is 4.57 Å². The van der Waals surface area contributed by atoms with Crippen LogP contribution in [0, 0.1) is 0 Å². The summed E-state index contributed by atoms with van der Waals surface area (Å²) in [6.07, 6.45) is -4.46. The van der Waals surface area contributed by atoms with Crippen molar-refractivity contribution in [3.8, 4) is 10.6 Å². The number of hydrogen-bond donors (Lipinski definition) is 0. The largest absolute Gasteiger partial charge is 0.420 e. The highest BCUT2D eigenvalue weighted by Crippen LogP contribution is 2.48. The zero-order chi connectivity index (χ0) is 17.5. The van der Waals surface area contributed by atoms with Gasteiger partial charge in [-0.1, -0.05) is 30.3 Å². The third-order valence-corrected chi connectivity index (χ3v) is 6.64. The van der Waals surface area contributed by atoms with Crippen LogP contribution in [0.1, 0.15) is 11.1 Å². The second-order valence-electron chi connectivity index (χ2n) is 5.00. The monoisotopic (exact) mass is 541 g/mol. The molecule has 0 spiro atoms. The van der Waals surface area contributed by atoms with Crippen molar-refractivity contribution in [3.05, 3.63) is 66.5 Å². The molecule has 2 heterocycles. The van der Waals surface area contributed by atoms with E-state index in [0.29, 0.717) is 12.2 Å².